The summed E-state index contributed by atoms with van der Waals surface area (Å²) >= 11 is 0. The van der Waals surface area contributed by atoms with Crippen molar-refractivity contribution in [1.29, 1.82) is 0 Å². The third-order valence-electron chi connectivity index (χ3n) is 2.66. The van der Waals surface area contributed by atoms with Gasteiger partial charge >= 0.3 is 0 Å². The van der Waals surface area contributed by atoms with E-state index >= 15 is 0 Å². The summed E-state index contributed by atoms with van der Waals surface area (Å²) in [6.07, 6.45) is 0.106. The third-order valence-corrected chi connectivity index (χ3v) is 2.66. The number of hydrogen-bond donors (Lipinski definition) is 2. The van der Waals surface area contributed by atoms with Gasteiger partial charge in [-0.3, -0.25) is 9.59 Å². The molecule has 2 amide bonds. The Morgan fingerprint density at radius 2 is 2.11 bits per heavy atom. The Bertz CT molecular complexity index is 458. The maximum Gasteiger partial charge on any atom is 0.253 e. The van der Waals surface area contributed by atoms with Gasteiger partial charge in [-0.05, 0) is 31.5 Å². The first-order valence-corrected chi connectivity index (χ1v) is 6.21. The maximum atomic E-state index is 12.1. The highest BCUT2D eigenvalue weighted by Crippen LogP contribution is 2.12. The van der Waals surface area contributed by atoms with Gasteiger partial charge in [0.1, 0.15) is 0 Å². The molecule has 1 aromatic carbocycles. The van der Waals surface area contributed by atoms with E-state index in [-0.39, 0.29) is 11.8 Å². The maximum absolute atomic E-state index is 12.1. The van der Waals surface area contributed by atoms with Crippen LogP contribution in [-0.2, 0) is 4.79 Å². The van der Waals surface area contributed by atoms with Crippen LogP contribution in [-0.4, -0.2) is 41.5 Å². The summed E-state index contributed by atoms with van der Waals surface area (Å²) in [7, 11) is 1.69. The fourth-order valence-electron chi connectivity index (χ4n) is 1.64. The number of carbonyl (C=O) groups excluding carboxylic acids is 2. The lowest BCUT2D eigenvalue weighted by Crippen LogP contribution is -2.29. The van der Waals surface area contributed by atoms with Gasteiger partial charge in [-0.2, -0.15) is 0 Å². The van der Waals surface area contributed by atoms with Crippen LogP contribution < -0.4 is 5.32 Å². The number of aliphatic hydroxyl groups is 1. The van der Waals surface area contributed by atoms with Gasteiger partial charge in [-0.1, -0.05) is 6.07 Å². The van der Waals surface area contributed by atoms with Crippen LogP contribution in [0.15, 0.2) is 24.3 Å². The molecule has 0 saturated carbocycles. The molecule has 0 aliphatic carbocycles. The largest absolute Gasteiger partial charge is 0.393 e. The van der Waals surface area contributed by atoms with E-state index in [0.29, 0.717) is 24.2 Å². The summed E-state index contributed by atoms with van der Waals surface area (Å²) in [6.45, 7) is 3.60. The number of amides is 2. The third kappa shape index (κ3) is 5.09. The zero-order chi connectivity index (χ0) is 14.4. The molecule has 19 heavy (non-hydrogen) atoms. The first-order chi connectivity index (χ1) is 8.90. The first-order valence-electron chi connectivity index (χ1n) is 6.21. The molecule has 0 heterocycles. The molecule has 1 aromatic rings. The minimum absolute atomic E-state index is 0.132. The van der Waals surface area contributed by atoms with Crippen LogP contribution in [0.3, 0.4) is 0 Å². The van der Waals surface area contributed by atoms with E-state index in [4.69, 9.17) is 0 Å². The van der Waals surface area contributed by atoms with Crippen molar-refractivity contribution in [2.75, 3.05) is 18.9 Å². The molecule has 0 spiro atoms. The molecule has 0 aliphatic rings. The lowest BCUT2D eigenvalue weighted by molar-refractivity contribution is -0.114. The molecule has 104 valence electrons. The average molecular weight is 264 g/mol. The van der Waals surface area contributed by atoms with Crippen LogP contribution in [0.2, 0.25) is 0 Å². The summed E-state index contributed by atoms with van der Waals surface area (Å²) in [6, 6.07) is 6.80. The van der Waals surface area contributed by atoms with Crippen LogP contribution in [0.25, 0.3) is 0 Å². The topological polar surface area (TPSA) is 69.6 Å². The number of nitrogens with one attached hydrogen (secondary N) is 1. The lowest BCUT2D eigenvalue weighted by atomic mass is 10.1. The van der Waals surface area contributed by atoms with Crippen molar-refractivity contribution in [1.82, 2.24) is 4.90 Å². The van der Waals surface area contributed by atoms with Gasteiger partial charge < -0.3 is 15.3 Å². The van der Waals surface area contributed by atoms with Crippen LogP contribution >= 0.6 is 0 Å². The minimum Gasteiger partial charge on any atom is -0.393 e. The van der Waals surface area contributed by atoms with Crippen molar-refractivity contribution in [2.45, 2.75) is 26.4 Å². The Balaban J connectivity index is 2.73. The second-order valence-electron chi connectivity index (χ2n) is 4.63. The molecular formula is C14H20N2O3. The number of carbonyl (C=O) groups is 2. The smallest absolute Gasteiger partial charge is 0.253 e. The second-order valence-corrected chi connectivity index (χ2v) is 4.63. The molecular weight excluding hydrogens is 244 g/mol. The summed E-state index contributed by atoms with van der Waals surface area (Å²) in [5.74, 6) is -0.306. The van der Waals surface area contributed by atoms with Crippen molar-refractivity contribution in [3.8, 4) is 0 Å². The van der Waals surface area contributed by atoms with Gasteiger partial charge in [0.2, 0.25) is 5.91 Å². The van der Waals surface area contributed by atoms with Crippen molar-refractivity contribution in [3.05, 3.63) is 29.8 Å². The molecule has 0 aliphatic heterocycles. The Kier molecular flexibility index (Phi) is 5.51. The molecule has 5 nitrogen and oxygen atoms in total. The minimum atomic E-state index is -0.430. The van der Waals surface area contributed by atoms with Crippen LogP contribution in [0, 0.1) is 0 Å². The van der Waals surface area contributed by atoms with Crippen molar-refractivity contribution < 1.29 is 14.7 Å². The molecule has 2 N–H and O–H groups in total. The Morgan fingerprint density at radius 3 is 2.68 bits per heavy atom. The molecule has 0 radical (unpaired) electrons. The zero-order valence-corrected chi connectivity index (χ0v) is 11.5. The first kappa shape index (κ1) is 15.2. The molecule has 0 fully saturated rings. The second kappa shape index (κ2) is 6.89. The van der Waals surface area contributed by atoms with Gasteiger partial charge in [-0.15, -0.1) is 0 Å². The van der Waals surface area contributed by atoms with E-state index in [1.54, 1.807) is 43.1 Å². The molecule has 1 unspecified atom stereocenters. The van der Waals surface area contributed by atoms with Gasteiger partial charge in [-0.25, -0.2) is 0 Å². The van der Waals surface area contributed by atoms with Gasteiger partial charge in [0, 0.05) is 31.8 Å². The summed E-state index contributed by atoms with van der Waals surface area (Å²) in [4.78, 5) is 24.7. The number of nitrogens with zero attached hydrogens (tertiary/aromatic N) is 1. The Labute approximate surface area is 113 Å². The van der Waals surface area contributed by atoms with Crippen molar-refractivity contribution in [3.63, 3.8) is 0 Å². The Hall–Kier alpha value is -1.88. The molecule has 1 rings (SSSR count). The predicted molar refractivity (Wildman–Crippen MR) is 74.0 cm³/mol. The molecule has 0 bridgehead atoms. The molecule has 1 atom stereocenters. The van der Waals surface area contributed by atoms with E-state index in [1.807, 2.05) is 0 Å². The number of rotatable bonds is 5. The van der Waals surface area contributed by atoms with E-state index in [0.717, 1.165) is 0 Å². The van der Waals surface area contributed by atoms with Crippen LogP contribution in [0.1, 0.15) is 30.6 Å². The molecule has 5 heteroatoms. The van der Waals surface area contributed by atoms with Gasteiger partial charge in [0.25, 0.3) is 5.91 Å². The highest BCUT2D eigenvalue weighted by atomic mass is 16.3. The quantitative estimate of drug-likeness (QED) is 0.846. The lowest BCUT2D eigenvalue weighted by Gasteiger charge is -2.18. The number of aliphatic hydroxyl groups excluding tert-OH is 1. The number of anilines is 1. The van der Waals surface area contributed by atoms with Crippen LogP contribution in [0.4, 0.5) is 5.69 Å². The van der Waals surface area contributed by atoms with Crippen molar-refractivity contribution in [2.24, 2.45) is 0 Å². The van der Waals surface area contributed by atoms with Gasteiger partial charge in [0.15, 0.2) is 0 Å². The van der Waals surface area contributed by atoms with Crippen molar-refractivity contribution >= 4 is 17.5 Å². The summed E-state index contributed by atoms with van der Waals surface area (Å²) in [5.41, 5.74) is 1.11. The molecule has 0 saturated heterocycles. The molecule has 0 aromatic heterocycles. The fourth-order valence-corrected chi connectivity index (χ4v) is 1.64. The highest BCUT2D eigenvalue weighted by Gasteiger charge is 2.12. The number of benzene rings is 1. The van der Waals surface area contributed by atoms with E-state index in [9.17, 15) is 14.7 Å². The SMILES string of the molecule is CC(=O)Nc1cccc(C(=O)N(C)CCC(C)O)c1. The zero-order valence-electron chi connectivity index (χ0n) is 11.5. The predicted octanol–water partition coefficient (Wildman–Crippen LogP) is 1.49. The standard InChI is InChI=1S/C14H20N2O3/c1-10(17)7-8-16(3)14(19)12-5-4-6-13(9-12)15-11(2)18/h4-6,9-10,17H,7-8H2,1-3H3,(H,15,18). The summed E-state index contributed by atoms with van der Waals surface area (Å²) in [5, 5.41) is 11.9. The fraction of sp³-hybridized carbons (Fsp3) is 0.429. The summed E-state index contributed by atoms with van der Waals surface area (Å²) < 4.78 is 0. The monoisotopic (exact) mass is 264 g/mol. The van der Waals surface area contributed by atoms with Gasteiger partial charge in [0.05, 0.1) is 6.10 Å². The normalized spacial score (nSPS) is 11.8. The number of hydrogen-bond acceptors (Lipinski definition) is 3. The van der Waals surface area contributed by atoms with E-state index in [1.165, 1.54) is 6.92 Å². The van der Waals surface area contributed by atoms with E-state index in [2.05, 4.69) is 5.32 Å². The Morgan fingerprint density at radius 1 is 1.42 bits per heavy atom. The average Bonchev–Trinajstić information content (AvgIpc) is 2.34. The van der Waals surface area contributed by atoms with Crippen LogP contribution in [0.5, 0.6) is 0 Å². The van der Waals surface area contributed by atoms with E-state index < -0.39 is 6.10 Å². The highest BCUT2D eigenvalue weighted by molar-refractivity contribution is 5.96.